The highest BCUT2D eigenvalue weighted by atomic mass is 16.6. The molecule has 0 radical (unpaired) electrons. The molecule has 0 aliphatic carbocycles. The Hall–Kier alpha value is -3.06. The fourth-order valence-corrected chi connectivity index (χ4v) is 4.04. The third-order valence-corrected chi connectivity index (χ3v) is 5.48. The van der Waals surface area contributed by atoms with Crippen molar-refractivity contribution in [2.24, 2.45) is 0 Å². The number of hydrogen-bond donors (Lipinski definition) is 2. The largest absolute Gasteiger partial charge is 0.485 e. The molecular weight excluding hydrogens is 382 g/mol. The molecule has 2 aliphatic rings. The number of piperazine rings is 1. The number of rotatable bonds is 4. The Kier molecular flexibility index (Phi) is 5.90. The Morgan fingerprint density at radius 2 is 1.73 bits per heavy atom. The molecular formula is C23H28N3O4+. The lowest BCUT2D eigenvalue weighted by Gasteiger charge is -2.35. The number of quaternary nitrogens is 1. The molecule has 2 aromatic rings. The zero-order valence-corrected chi connectivity index (χ0v) is 17.4. The van der Waals surface area contributed by atoms with Crippen molar-refractivity contribution in [1.82, 2.24) is 4.90 Å². The van der Waals surface area contributed by atoms with Gasteiger partial charge in [-0.1, -0.05) is 18.2 Å². The maximum absolute atomic E-state index is 12.8. The Morgan fingerprint density at radius 1 is 1.07 bits per heavy atom. The van der Waals surface area contributed by atoms with Crippen LogP contribution in [-0.4, -0.2) is 62.1 Å². The Morgan fingerprint density at radius 3 is 2.43 bits per heavy atom. The first-order chi connectivity index (χ1) is 14.5. The molecule has 7 nitrogen and oxygen atoms in total. The summed E-state index contributed by atoms with van der Waals surface area (Å²) >= 11 is 0. The molecule has 2 aliphatic heterocycles. The van der Waals surface area contributed by atoms with E-state index in [1.165, 1.54) is 4.90 Å². The van der Waals surface area contributed by atoms with Gasteiger partial charge >= 0.3 is 0 Å². The first kappa shape index (κ1) is 20.2. The van der Waals surface area contributed by atoms with Gasteiger partial charge in [0.05, 0.1) is 26.2 Å². The van der Waals surface area contributed by atoms with Crippen molar-refractivity contribution >= 4 is 17.5 Å². The number of carbonyl (C=O) groups is 2. The molecule has 0 unspecified atom stereocenters. The van der Waals surface area contributed by atoms with Crippen LogP contribution in [0.2, 0.25) is 0 Å². The van der Waals surface area contributed by atoms with Crippen LogP contribution in [0.4, 0.5) is 5.69 Å². The topological polar surface area (TPSA) is 72.3 Å². The minimum atomic E-state index is -0.616. The number of ether oxygens (including phenoxy) is 2. The maximum atomic E-state index is 12.8. The van der Waals surface area contributed by atoms with Gasteiger partial charge in [-0.3, -0.25) is 9.59 Å². The maximum Gasteiger partial charge on any atom is 0.279 e. The summed E-state index contributed by atoms with van der Waals surface area (Å²) in [6.45, 7) is 7.33. The monoisotopic (exact) mass is 410 g/mol. The lowest BCUT2D eigenvalue weighted by atomic mass is 10.1. The van der Waals surface area contributed by atoms with Gasteiger partial charge in [0.1, 0.15) is 6.61 Å². The van der Waals surface area contributed by atoms with E-state index < -0.39 is 6.10 Å². The molecule has 0 spiro atoms. The zero-order chi connectivity index (χ0) is 21.1. The highest BCUT2D eigenvalue weighted by molar-refractivity contribution is 5.91. The highest BCUT2D eigenvalue weighted by Gasteiger charge is 2.34. The van der Waals surface area contributed by atoms with Gasteiger partial charge < -0.3 is 24.6 Å². The molecule has 0 saturated carbocycles. The molecule has 7 heteroatoms. The quantitative estimate of drug-likeness (QED) is 0.783. The first-order valence-corrected chi connectivity index (χ1v) is 10.4. The van der Waals surface area contributed by atoms with Gasteiger partial charge in [-0.2, -0.15) is 0 Å². The van der Waals surface area contributed by atoms with E-state index in [1.54, 1.807) is 0 Å². The molecule has 2 aromatic carbocycles. The molecule has 2 N–H and O–H groups in total. The van der Waals surface area contributed by atoms with Crippen molar-refractivity contribution in [2.75, 3.05) is 44.6 Å². The van der Waals surface area contributed by atoms with Gasteiger partial charge in [-0.05, 0) is 49.2 Å². The summed E-state index contributed by atoms with van der Waals surface area (Å²) in [5.41, 5.74) is 3.09. The Bertz CT molecular complexity index is 918. The van der Waals surface area contributed by atoms with E-state index in [9.17, 15) is 9.59 Å². The number of aryl methyl sites for hydroxylation is 2. The summed E-state index contributed by atoms with van der Waals surface area (Å²) in [7, 11) is 0. The summed E-state index contributed by atoms with van der Waals surface area (Å²) in [5.74, 6) is 1.22. The predicted molar refractivity (Wildman–Crippen MR) is 113 cm³/mol. The van der Waals surface area contributed by atoms with Gasteiger partial charge in [0, 0.05) is 5.69 Å². The molecule has 0 bridgehead atoms. The number of amides is 2. The van der Waals surface area contributed by atoms with Crippen LogP contribution in [0.25, 0.3) is 0 Å². The molecule has 30 heavy (non-hydrogen) atoms. The van der Waals surface area contributed by atoms with Crippen molar-refractivity contribution in [3.8, 4) is 11.5 Å². The lowest BCUT2D eigenvalue weighted by molar-refractivity contribution is -0.895. The average Bonchev–Trinajstić information content (AvgIpc) is 2.72. The van der Waals surface area contributed by atoms with Crippen LogP contribution in [0.3, 0.4) is 0 Å². The third kappa shape index (κ3) is 4.74. The van der Waals surface area contributed by atoms with E-state index in [0.29, 0.717) is 31.1 Å². The fourth-order valence-electron chi connectivity index (χ4n) is 4.04. The normalized spacial score (nSPS) is 18.7. The zero-order valence-electron chi connectivity index (χ0n) is 17.4. The van der Waals surface area contributed by atoms with E-state index >= 15 is 0 Å². The second-order valence-corrected chi connectivity index (χ2v) is 8.04. The molecule has 2 amide bonds. The van der Waals surface area contributed by atoms with E-state index in [-0.39, 0.29) is 18.4 Å². The van der Waals surface area contributed by atoms with Gasteiger partial charge in [0.15, 0.2) is 18.0 Å². The number of fused-ring (bicyclic) bond motifs is 1. The smallest absolute Gasteiger partial charge is 0.279 e. The number of benzene rings is 2. The molecule has 1 fully saturated rings. The van der Waals surface area contributed by atoms with Crippen LogP contribution >= 0.6 is 0 Å². The minimum absolute atomic E-state index is 0.00426. The number of carbonyl (C=O) groups excluding carboxylic acids is 2. The summed E-state index contributed by atoms with van der Waals surface area (Å²) in [4.78, 5) is 28.2. The van der Waals surface area contributed by atoms with E-state index in [1.807, 2.05) is 55.1 Å². The fraction of sp³-hybridized carbons (Fsp3) is 0.391. The van der Waals surface area contributed by atoms with Crippen molar-refractivity contribution in [1.29, 1.82) is 0 Å². The van der Waals surface area contributed by atoms with Crippen LogP contribution in [0, 0.1) is 13.8 Å². The van der Waals surface area contributed by atoms with Gasteiger partial charge in [-0.15, -0.1) is 0 Å². The van der Waals surface area contributed by atoms with Crippen LogP contribution < -0.4 is 19.7 Å². The highest BCUT2D eigenvalue weighted by Crippen LogP contribution is 2.31. The van der Waals surface area contributed by atoms with E-state index in [2.05, 4.69) is 11.4 Å². The summed E-state index contributed by atoms with van der Waals surface area (Å²) in [6.07, 6.45) is -0.616. The number of nitrogens with one attached hydrogen (secondary N) is 2. The minimum Gasteiger partial charge on any atom is -0.485 e. The molecule has 158 valence electrons. The van der Waals surface area contributed by atoms with Crippen LogP contribution in [0.5, 0.6) is 11.5 Å². The Labute approximate surface area is 176 Å². The van der Waals surface area contributed by atoms with E-state index in [0.717, 1.165) is 29.9 Å². The van der Waals surface area contributed by atoms with Gasteiger partial charge in [0.25, 0.3) is 11.8 Å². The summed E-state index contributed by atoms with van der Waals surface area (Å²) in [5, 5.41) is 2.99. The number of nitrogens with zero attached hydrogens (tertiary/aromatic N) is 1. The first-order valence-electron chi connectivity index (χ1n) is 10.4. The lowest BCUT2D eigenvalue weighted by Crippen LogP contribution is -3.15. The Balaban J connectivity index is 1.25. The van der Waals surface area contributed by atoms with Crippen LogP contribution in [0.1, 0.15) is 11.1 Å². The predicted octanol–water partition coefficient (Wildman–Crippen LogP) is 0.809. The third-order valence-electron chi connectivity index (χ3n) is 5.48. The van der Waals surface area contributed by atoms with Crippen molar-refractivity contribution in [3.05, 3.63) is 53.6 Å². The van der Waals surface area contributed by atoms with E-state index in [4.69, 9.17) is 9.47 Å². The van der Waals surface area contributed by atoms with Gasteiger partial charge in [-0.25, -0.2) is 0 Å². The second kappa shape index (κ2) is 8.75. The van der Waals surface area contributed by atoms with Crippen molar-refractivity contribution < 1.29 is 24.0 Å². The van der Waals surface area contributed by atoms with Crippen LogP contribution in [0.15, 0.2) is 42.5 Å². The SMILES string of the molecule is Cc1cc(C)cc(NC(=O)C[NH+]2CCN(C(=O)[C@@H]3COc4ccccc4O3)CC2)c1. The van der Waals surface area contributed by atoms with Gasteiger partial charge in [0.2, 0.25) is 6.10 Å². The van der Waals surface area contributed by atoms with Crippen LogP contribution in [-0.2, 0) is 9.59 Å². The number of anilines is 1. The molecule has 1 atom stereocenters. The number of para-hydroxylation sites is 2. The number of hydrogen-bond acceptors (Lipinski definition) is 4. The standard InChI is InChI=1S/C23H27N3O4/c1-16-11-17(2)13-18(12-16)24-22(27)14-25-7-9-26(10-8-25)23(28)21-15-29-19-5-3-4-6-20(19)30-21/h3-6,11-13,21H,7-10,14-15H2,1-2H3,(H,24,27)/p+1/t21-/m0/s1. The molecule has 1 saturated heterocycles. The molecule has 2 heterocycles. The molecule has 4 rings (SSSR count). The van der Waals surface area contributed by atoms with Crippen molar-refractivity contribution in [3.63, 3.8) is 0 Å². The summed E-state index contributed by atoms with van der Waals surface area (Å²) in [6, 6.07) is 13.4. The molecule has 0 aromatic heterocycles. The average molecular weight is 410 g/mol. The van der Waals surface area contributed by atoms with Crippen molar-refractivity contribution in [2.45, 2.75) is 20.0 Å². The second-order valence-electron chi connectivity index (χ2n) is 8.04. The summed E-state index contributed by atoms with van der Waals surface area (Å²) < 4.78 is 11.5.